The van der Waals surface area contributed by atoms with E-state index in [2.05, 4.69) is 22.4 Å². The van der Waals surface area contributed by atoms with E-state index in [0.29, 0.717) is 0 Å². The molecule has 1 aromatic heterocycles. The third kappa shape index (κ3) is 1.71. The number of nitrogens with one attached hydrogen (secondary N) is 1. The normalized spacial score (nSPS) is 27.8. The van der Waals surface area contributed by atoms with Gasteiger partial charge in [0.2, 0.25) is 0 Å². The maximum atomic E-state index is 11.3. The molecule has 0 unspecified atom stereocenters. The van der Waals surface area contributed by atoms with E-state index in [1.807, 2.05) is 0 Å². The molecule has 0 spiro atoms. The average Bonchev–Trinajstić information content (AvgIpc) is 2.65. The highest BCUT2D eigenvalue weighted by Crippen LogP contribution is 2.32. The second-order valence-corrected chi connectivity index (χ2v) is 4.03. The number of H-pyrrole nitrogens is 1. The lowest BCUT2D eigenvalue weighted by Gasteiger charge is -2.26. The van der Waals surface area contributed by atoms with E-state index < -0.39 is 0 Å². The Morgan fingerprint density at radius 2 is 2.14 bits per heavy atom. The third-order valence-electron chi connectivity index (χ3n) is 3.23. The molecule has 0 bridgehead atoms. The lowest BCUT2D eigenvalue weighted by molar-refractivity contribution is 0.250. The van der Waals surface area contributed by atoms with Crippen molar-refractivity contribution in [1.82, 2.24) is 20.2 Å². The Morgan fingerprint density at radius 1 is 1.43 bits per heavy atom. The molecular formula is C9H16N4O. The lowest BCUT2D eigenvalue weighted by Crippen LogP contribution is -2.27. The van der Waals surface area contributed by atoms with Crippen LogP contribution in [0.3, 0.4) is 0 Å². The van der Waals surface area contributed by atoms with Gasteiger partial charge in [-0.15, -0.1) is 0 Å². The Labute approximate surface area is 82.5 Å². The van der Waals surface area contributed by atoms with Crippen LogP contribution in [-0.4, -0.2) is 20.2 Å². The molecule has 14 heavy (non-hydrogen) atoms. The Kier molecular flexibility index (Phi) is 2.65. The summed E-state index contributed by atoms with van der Waals surface area (Å²) in [6.45, 7) is 2.23. The highest BCUT2D eigenvalue weighted by molar-refractivity contribution is 4.75. The summed E-state index contributed by atoms with van der Waals surface area (Å²) in [4.78, 5) is 11.3. The summed E-state index contributed by atoms with van der Waals surface area (Å²) < 4.78 is 1.49. The fourth-order valence-corrected chi connectivity index (χ4v) is 2.24. The van der Waals surface area contributed by atoms with Crippen molar-refractivity contribution < 1.29 is 0 Å². The number of nitrogens with zero attached hydrogens (tertiary/aromatic N) is 3. The van der Waals surface area contributed by atoms with Gasteiger partial charge in [-0.1, -0.05) is 13.3 Å². The smallest absolute Gasteiger partial charge is 0.245 e. The quantitative estimate of drug-likeness (QED) is 0.770. The molecule has 1 saturated carbocycles. The van der Waals surface area contributed by atoms with Crippen LogP contribution in [0.1, 0.15) is 45.1 Å². The van der Waals surface area contributed by atoms with Gasteiger partial charge < -0.3 is 0 Å². The van der Waals surface area contributed by atoms with Gasteiger partial charge in [0.1, 0.15) is 0 Å². The van der Waals surface area contributed by atoms with Crippen molar-refractivity contribution in [2.45, 2.75) is 45.1 Å². The summed E-state index contributed by atoms with van der Waals surface area (Å²) >= 11 is 0. The highest BCUT2D eigenvalue weighted by atomic mass is 16.2. The van der Waals surface area contributed by atoms with Crippen molar-refractivity contribution in [3.8, 4) is 0 Å². The first-order valence-electron chi connectivity index (χ1n) is 5.31. The van der Waals surface area contributed by atoms with E-state index in [4.69, 9.17) is 0 Å². The van der Waals surface area contributed by atoms with E-state index in [1.165, 1.54) is 23.9 Å². The van der Waals surface area contributed by atoms with Crippen LogP contribution in [0.4, 0.5) is 0 Å². The lowest BCUT2D eigenvalue weighted by atomic mass is 9.85. The molecule has 1 fully saturated rings. The molecule has 0 aliphatic heterocycles. The fourth-order valence-electron chi connectivity index (χ4n) is 2.24. The predicted molar refractivity (Wildman–Crippen MR) is 51.9 cm³/mol. The SMILES string of the molecule is CCC1CCC(n2nn[nH]c2=O)CC1. The summed E-state index contributed by atoms with van der Waals surface area (Å²) in [5.74, 6) is 0.842. The van der Waals surface area contributed by atoms with Crippen LogP contribution < -0.4 is 5.69 Å². The van der Waals surface area contributed by atoms with Crippen molar-refractivity contribution in [1.29, 1.82) is 0 Å². The Balaban J connectivity index is 2.02. The Hall–Kier alpha value is -1.13. The number of tetrazole rings is 1. The van der Waals surface area contributed by atoms with Crippen molar-refractivity contribution in [3.63, 3.8) is 0 Å². The van der Waals surface area contributed by atoms with E-state index >= 15 is 0 Å². The summed E-state index contributed by atoms with van der Waals surface area (Å²) in [6, 6.07) is 0.268. The third-order valence-corrected chi connectivity index (χ3v) is 3.23. The van der Waals surface area contributed by atoms with Crippen LogP contribution in [0.5, 0.6) is 0 Å². The van der Waals surface area contributed by atoms with Gasteiger partial charge in [0, 0.05) is 0 Å². The molecular weight excluding hydrogens is 180 g/mol. The molecule has 1 N–H and O–H groups in total. The Morgan fingerprint density at radius 3 is 2.64 bits per heavy atom. The Bertz CT molecular complexity index is 335. The van der Waals surface area contributed by atoms with Gasteiger partial charge in [-0.2, -0.15) is 4.68 Å². The van der Waals surface area contributed by atoms with Crippen molar-refractivity contribution in [2.75, 3.05) is 0 Å². The molecule has 0 amide bonds. The maximum absolute atomic E-state index is 11.3. The van der Waals surface area contributed by atoms with Gasteiger partial charge in [-0.25, -0.2) is 9.89 Å². The number of aromatic amines is 1. The molecule has 5 heteroatoms. The zero-order valence-corrected chi connectivity index (χ0v) is 8.44. The first-order chi connectivity index (χ1) is 6.81. The molecule has 2 rings (SSSR count). The molecule has 1 aromatic rings. The highest BCUT2D eigenvalue weighted by Gasteiger charge is 2.23. The van der Waals surface area contributed by atoms with Crippen LogP contribution >= 0.6 is 0 Å². The molecule has 78 valence electrons. The molecule has 5 nitrogen and oxygen atoms in total. The average molecular weight is 196 g/mol. The van der Waals surface area contributed by atoms with Crippen LogP contribution in [0.25, 0.3) is 0 Å². The van der Waals surface area contributed by atoms with Crippen molar-refractivity contribution >= 4 is 0 Å². The molecule has 0 atom stereocenters. The van der Waals surface area contributed by atoms with Gasteiger partial charge in [-0.3, -0.25) is 0 Å². The first-order valence-corrected chi connectivity index (χ1v) is 5.31. The molecule has 0 radical (unpaired) electrons. The molecule has 1 aliphatic carbocycles. The van der Waals surface area contributed by atoms with Crippen LogP contribution in [0, 0.1) is 5.92 Å². The zero-order chi connectivity index (χ0) is 9.97. The topological polar surface area (TPSA) is 63.6 Å². The zero-order valence-electron chi connectivity index (χ0n) is 8.44. The summed E-state index contributed by atoms with van der Waals surface area (Å²) in [6.07, 6.45) is 5.79. The maximum Gasteiger partial charge on any atom is 0.361 e. The summed E-state index contributed by atoms with van der Waals surface area (Å²) in [5.41, 5.74) is -0.176. The summed E-state index contributed by atoms with van der Waals surface area (Å²) in [5, 5.41) is 9.64. The van der Waals surface area contributed by atoms with Gasteiger partial charge in [0.05, 0.1) is 6.04 Å². The van der Waals surface area contributed by atoms with Gasteiger partial charge >= 0.3 is 5.69 Å². The van der Waals surface area contributed by atoms with Gasteiger partial charge in [0.15, 0.2) is 0 Å². The second kappa shape index (κ2) is 3.94. The van der Waals surface area contributed by atoms with Gasteiger partial charge in [-0.05, 0) is 42.0 Å². The minimum Gasteiger partial charge on any atom is -0.245 e. The van der Waals surface area contributed by atoms with Crippen LogP contribution in [0.15, 0.2) is 4.79 Å². The van der Waals surface area contributed by atoms with E-state index in [9.17, 15) is 4.79 Å². The van der Waals surface area contributed by atoms with Crippen LogP contribution in [0.2, 0.25) is 0 Å². The van der Waals surface area contributed by atoms with Crippen LogP contribution in [-0.2, 0) is 0 Å². The van der Waals surface area contributed by atoms with Crippen molar-refractivity contribution in [2.24, 2.45) is 5.92 Å². The van der Waals surface area contributed by atoms with Gasteiger partial charge in [0.25, 0.3) is 0 Å². The summed E-state index contributed by atoms with van der Waals surface area (Å²) in [7, 11) is 0. The largest absolute Gasteiger partial charge is 0.361 e. The molecule has 0 saturated heterocycles. The number of rotatable bonds is 2. The minimum absolute atomic E-state index is 0.176. The second-order valence-electron chi connectivity index (χ2n) is 4.03. The minimum atomic E-state index is -0.176. The van der Waals surface area contributed by atoms with E-state index in [1.54, 1.807) is 0 Å². The van der Waals surface area contributed by atoms with E-state index in [0.717, 1.165) is 18.8 Å². The molecule has 0 aromatic carbocycles. The fraction of sp³-hybridized carbons (Fsp3) is 0.889. The molecule has 1 aliphatic rings. The molecule has 1 heterocycles. The first kappa shape index (κ1) is 9.43. The van der Waals surface area contributed by atoms with Crippen molar-refractivity contribution in [3.05, 3.63) is 10.5 Å². The number of hydrogen-bond donors (Lipinski definition) is 1. The monoisotopic (exact) mass is 196 g/mol. The standard InChI is InChI=1S/C9H16N4O/c1-2-7-3-5-8(6-4-7)13-9(14)10-11-12-13/h7-8H,2-6H2,1H3,(H,10,12,14). The van der Waals surface area contributed by atoms with E-state index in [-0.39, 0.29) is 11.7 Å². The predicted octanol–water partition coefficient (Wildman–Crippen LogP) is 1.11. The number of hydrogen-bond acceptors (Lipinski definition) is 3. The number of aromatic nitrogens is 4.